The van der Waals surface area contributed by atoms with Crippen LogP contribution in [0.25, 0.3) is 0 Å². The van der Waals surface area contributed by atoms with Crippen molar-refractivity contribution in [2.75, 3.05) is 0 Å². The Morgan fingerprint density at radius 1 is 1.86 bits per heavy atom. The van der Waals surface area contributed by atoms with Gasteiger partial charge in [-0.05, 0) is 25.2 Å². The highest BCUT2D eigenvalue weighted by Crippen LogP contribution is 2.14. The normalized spacial score (nSPS) is 43.3. The summed E-state index contributed by atoms with van der Waals surface area (Å²) >= 11 is 0. The van der Waals surface area contributed by atoms with Gasteiger partial charge in [-0.2, -0.15) is 0 Å². The summed E-state index contributed by atoms with van der Waals surface area (Å²) in [6.45, 7) is 2.10. The molecule has 0 aromatic carbocycles. The zero-order valence-corrected chi connectivity index (χ0v) is 4.72. The van der Waals surface area contributed by atoms with Crippen LogP contribution in [0, 0.1) is 5.92 Å². The molecule has 0 N–H and O–H groups in total. The van der Waals surface area contributed by atoms with Crippen LogP contribution >= 0.6 is 0 Å². The van der Waals surface area contributed by atoms with Crippen molar-refractivity contribution in [2.24, 2.45) is 5.92 Å². The van der Waals surface area contributed by atoms with E-state index in [1.54, 1.807) is 0 Å². The Hall–Kier alpha value is -0.260. The maximum Gasteiger partial charge on any atom is 0.0273 e. The van der Waals surface area contributed by atoms with E-state index in [1.165, 1.54) is 0 Å². The van der Waals surface area contributed by atoms with Crippen LogP contribution in [0.15, 0.2) is 12.2 Å². The average molecular weight is 97.2 g/mol. The van der Waals surface area contributed by atoms with Gasteiger partial charge >= 0.3 is 0 Å². The zero-order chi connectivity index (χ0) is 5.98. The third-order valence-electron chi connectivity index (χ3n) is 1.31. The summed E-state index contributed by atoms with van der Waals surface area (Å²) in [5, 5.41) is 0. The smallest absolute Gasteiger partial charge is 0.0273 e. The molecule has 40 valence electrons. The Balaban J connectivity index is 2.47. The molecule has 0 spiro atoms. The van der Waals surface area contributed by atoms with Crippen molar-refractivity contribution in [1.29, 1.82) is 0 Å². The van der Waals surface area contributed by atoms with Crippen molar-refractivity contribution in [3.63, 3.8) is 0 Å². The quantitative estimate of drug-likeness (QED) is 0.407. The first kappa shape index (κ1) is 3.71. The van der Waals surface area contributed by atoms with Gasteiger partial charge < -0.3 is 0 Å². The van der Waals surface area contributed by atoms with Crippen LogP contribution < -0.4 is 0 Å². The average Bonchev–Trinajstić information content (AvgIpc) is 1.77. The molecule has 0 fully saturated rings. The Morgan fingerprint density at radius 3 is 3.14 bits per heavy atom. The summed E-state index contributed by atoms with van der Waals surface area (Å²) in [7, 11) is 0. The van der Waals surface area contributed by atoms with Crippen LogP contribution in [0.1, 0.15) is 27.5 Å². The van der Waals surface area contributed by atoms with E-state index >= 15 is 0 Å². The molecule has 7 heavy (non-hydrogen) atoms. The van der Waals surface area contributed by atoms with E-state index in [-0.39, 0.29) is 6.40 Å². The summed E-state index contributed by atoms with van der Waals surface area (Å²) in [5.74, 6) is 0.490. The van der Waals surface area contributed by atoms with Gasteiger partial charge in [0.25, 0.3) is 0 Å². The largest absolute Gasteiger partial charge is 0.0883 e. The summed E-state index contributed by atoms with van der Waals surface area (Å²) in [4.78, 5) is 0. The summed E-state index contributed by atoms with van der Waals surface area (Å²) < 4.78 is 7.43. The molecule has 1 aliphatic carbocycles. The molecule has 0 saturated heterocycles. The topological polar surface area (TPSA) is 0 Å². The zero-order valence-electron chi connectivity index (χ0n) is 5.72. The predicted octanol–water partition coefficient (Wildman–Crippen LogP) is 2.36. The highest BCUT2D eigenvalue weighted by Gasteiger charge is 1.98. The van der Waals surface area contributed by atoms with Crippen LogP contribution in [-0.2, 0) is 0 Å². The molecular weight excluding hydrogens is 84.1 g/mol. The van der Waals surface area contributed by atoms with Gasteiger partial charge in [-0.3, -0.25) is 0 Å². The summed E-state index contributed by atoms with van der Waals surface area (Å²) in [6, 6.07) is 0. The van der Waals surface area contributed by atoms with Crippen molar-refractivity contribution in [3.8, 4) is 0 Å². The lowest BCUT2D eigenvalue weighted by atomic mass is 9.98. The predicted molar refractivity (Wildman–Crippen MR) is 32.2 cm³/mol. The molecule has 2 atom stereocenters. The van der Waals surface area contributed by atoms with Crippen molar-refractivity contribution in [2.45, 2.75) is 26.2 Å². The maximum atomic E-state index is 7.43. The Kier molecular flexibility index (Phi) is 1.14. The van der Waals surface area contributed by atoms with Gasteiger partial charge in [0.2, 0.25) is 0 Å². The fourth-order valence-corrected chi connectivity index (χ4v) is 0.845. The summed E-state index contributed by atoms with van der Waals surface area (Å²) in [6.07, 6.45) is 6.65. The first-order valence-corrected chi connectivity index (χ1v) is 2.89. The van der Waals surface area contributed by atoms with E-state index in [1.807, 2.05) is 0 Å². The third kappa shape index (κ3) is 1.34. The first-order valence-electron chi connectivity index (χ1n) is 3.47. The van der Waals surface area contributed by atoms with Gasteiger partial charge in [-0.15, -0.1) is 0 Å². The van der Waals surface area contributed by atoms with Crippen LogP contribution in [-0.4, -0.2) is 0 Å². The van der Waals surface area contributed by atoms with Crippen LogP contribution in [0.2, 0.25) is 0 Å². The molecule has 0 bridgehead atoms. The molecule has 0 aromatic rings. The van der Waals surface area contributed by atoms with Gasteiger partial charge in [0.15, 0.2) is 0 Å². The second kappa shape index (κ2) is 2.15. The molecule has 0 aliphatic heterocycles. The van der Waals surface area contributed by atoms with Crippen molar-refractivity contribution >= 4 is 0 Å². The lowest BCUT2D eigenvalue weighted by Gasteiger charge is -2.08. The first-order chi connectivity index (χ1) is 3.80. The molecule has 0 unspecified atom stereocenters. The molecular formula is C7H12. The molecule has 0 heterocycles. The van der Waals surface area contributed by atoms with E-state index in [2.05, 4.69) is 19.1 Å². The van der Waals surface area contributed by atoms with Crippen molar-refractivity contribution < 1.29 is 1.37 Å². The standard InChI is InChI=1S/C7H12/c1-7-5-3-2-4-6-7/h3,5,7H,2,4,6H2,1H3/t7-/m0/s1/i6D/t6-,7+/m1. The van der Waals surface area contributed by atoms with Crippen molar-refractivity contribution in [1.82, 2.24) is 0 Å². The minimum Gasteiger partial charge on any atom is -0.0883 e. The lowest BCUT2D eigenvalue weighted by molar-refractivity contribution is 0.584. The van der Waals surface area contributed by atoms with Gasteiger partial charge in [-0.25, -0.2) is 0 Å². The fourth-order valence-electron chi connectivity index (χ4n) is 0.845. The molecule has 1 aliphatic rings. The molecule has 0 aromatic heterocycles. The molecule has 0 saturated carbocycles. The van der Waals surface area contributed by atoms with E-state index in [0.29, 0.717) is 5.92 Å². The Bertz CT molecular complexity index is 96.6. The molecule has 0 heteroatoms. The molecule has 1 rings (SSSR count). The van der Waals surface area contributed by atoms with Crippen molar-refractivity contribution in [3.05, 3.63) is 12.2 Å². The number of allylic oxidation sites excluding steroid dienone is 2. The minimum absolute atomic E-state index is 0.167. The highest BCUT2D eigenvalue weighted by molar-refractivity contribution is 4.90. The number of hydrogen-bond donors (Lipinski definition) is 0. The SMILES string of the molecule is [2H][C@@H]1CCC=C[C@@H]1C. The van der Waals surface area contributed by atoms with Gasteiger partial charge in [0, 0.05) is 1.37 Å². The highest BCUT2D eigenvalue weighted by atomic mass is 14.0. The molecule has 0 nitrogen and oxygen atoms in total. The fraction of sp³-hybridized carbons (Fsp3) is 0.714. The second-order valence-electron chi connectivity index (χ2n) is 2.10. The van der Waals surface area contributed by atoms with E-state index in [9.17, 15) is 0 Å². The molecule has 0 amide bonds. The third-order valence-corrected chi connectivity index (χ3v) is 1.31. The van der Waals surface area contributed by atoms with Crippen LogP contribution in [0.4, 0.5) is 0 Å². The maximum absolute atomic E-state index is 7.43. The summed E-state index contributed by atoms with van der Waals surface area (Å²) in [5.41, 5.74) is 0. The molecule has 0 radical (unpaired) electrons. The van der Waals surface area contributed by atoms with E-state index in [4.69, 9.17) is 1.37 Å². The van der Waals surface area contributed by atoms with Gasteiger partial charge in [0.05, 0.1) is 0 Å². The van der Waals surface area contributed by atoms with E-state index in [0.717, 1.165) is 12.8 Å². The second-order valence-corrected chi connectivity index (χ2v) is 2.10. The van der Waals surface area contributed by atoms with Crippen LogP contribution in [0.3, 0.4) is 0 Å². The minimum atomic E-state index is 0.167. The Labute approximate surface area is 46.6 Å². The van der Waals surface area contributed by atoms with Crippen LogP contribution in [0.5, 0.6) is 0 Å². The number of rotatable bonds is 0. The van der Waals surface area contributed by atoms with Gasteiger partial charge in [0.1, 0.15) is 0 Å². The van der Waals surface area contributed by atoms with Gasteiger partial charge in [-0.1, -0.05) is 19.1 Å². The lowest BCUT2D eigenvalue weighted by Crippen LogP contribution is -1.92. The monoisotopic (exact) mass is 97.1 g/mol. The Morgan fingerprint density at radius 2 is 2.71 bits per heavy atom. The number of hydrogen-bond acceptors (Lipinski definition) is 0. The van der Waals surface area contributed by atoms with E-state index < -0.39 is 0 Å².